The van der Waals surface area contributed by atoms with Gasteiger partial charge in [-0.05, 0) is 280 Å². The molecular weight excluding hydrogens is 1800 g/mol. The van der Waals surface area contributed by atoms with Crippen molar-refractivity contribution in [1.29, 1.82) is 0 Å². The van der Waals surface area contributed by atoms with E-state index in [0.29, 0.717) is 68.7 Å². The summed E-state index contributed by atoms with van der Waals surface area (Å²) in [7, 11) is 0. The zero-order chi connectivity index (χ0) is 111. The standard InChI is InChI=1S/C18H38N2.C17H36N2.C16H34N2.C15H32N2.C14H30N2.C14H29N.C13H28N2.C13H27N.C12H25N/c1-16(2)11-9-7-5-6-8-10-13-20-14-12-18(15-20)19-17(3)4;1-15(2)10-8-6-5-7-9-12-19-13-11-17(14-19)18-16(3)4;1-14(2)9-7-5-6-8-11-18-12-10-16(13-18)17-15(3)4;1-13(2)8-6-5-7-10-17-11-9-15(12-17)16-14(3)4;1-12(2)7-5-6-9-16-10-8-14(11-16)15-13(3)4;1-13(2,3)8-7-9-15-10-12(11-15)14(4,5)6;1-11(2)6-5-8-15-9-7-13(10-15)14-12(3)4;1-12(2,3)7-8-14-9-11(10-14)13(4,5)6;1-11(2,3)9-13-7-10(8-13)12(4,5)6/h16-19H,5-15H2,1-4H3;15-18H,5-14H2,1-4H3;14-17H,5-13H2,1-4H3;13-16H,5-12H2,1-4H3;12-15H,5-11H2,1-4H3;12H,7-11H2,1-6H3;11-14H,5-10H2,1-4H3;11H,7-10H2,1-6H3;10H,7-9H2,1-6H3/t18-;17-;16-;15-;14-;;13-;;/m11111.1../s1. The molecule has 9 rings (SSSR count). The van der Waals surface area contributed by atoms with Crippen LogP contribution >= 0.6 is 0 Å². The highest BCUT2D eigenvalue weighted by molar-refractivity contribution is 4.94. The van der Waals surface area contributed by atoms with E-state index < -0.39 is 0 Å². The zero-order valence-electron chi connectivity index (χ0n) is 109. The van der Waals surface area contributed by atoms with Crippen molar-refractivity contribution in [3.05, 3.63) is 0 Å². The summed E-state index contributed by atoms with van der Waals surface area (Å²) >= 11 is 0. The van der Waals surface area contributed by atoms with Gasteiger partial charge in [0, 0.05) is 158 Å². The molecule has 882 valence electrons. The van der Waals surface area contributed by atoms with E-state index in [1.165, 1.54) is 408 Å². The van der Waals surface area contributed by atoms with Crippen LogP contribution in [-0.2, 0) is 0 Å². The van der Waals surface area contributed by atoms with Gasteiger partial charge in [0.15, 0.2) is 0 Å². The predicted octanol–water partition coefficient (Wildman–Crippen LogP) is 31.0. The first-order chi connectivity index (χ1) is 68.5. The molecule has 15 nitrogen and oxygen atoms in total. The second kappa shape index (κ2) is 80.2. The molecule has 9 heterocycles. The molecule has 0 radical (unpaired) electrons. The van der Waals surface area contributed by atoms with E-state index in [9.17, 15) is 0 Å². The highest BCUT2D eigenvalue weighted by Gasteiger charge is 2.39. The minimum Gasteiger partial charge on any atom is -0.310 e. The van der Waals surface area contributed by atoms with Crippen molar-refractivity contribution in [2.75, 3.05) is 177 Å². The summed E-state index contributed by atoms with van der Waals surface area (Å²) < 4.78 is 0. The third kappa shape index (κ3) is 84.2. The largest absolute Gasteiger partial charge is 0.310 e. The zero-order valence-corrected chi connectivity index (χ0v) is 109. The van der Waals surface area contributed by atoms with Gasteiger partial charge >= 0.3 is 0 Å². The van der Waals surface area contributed by atoms with Gasteiger partial charge in [-0.15, -0.1) is 0 Å². The first-order valence-electron chi connectivity index (χ1n) is 64.6. The Labute approximate surface area is 927 Å². The van der Waals surface area contributed by atoms with Gasteiger partial charge in [0.1, 0.15) is 0 Å². The molecule has 9 saturated heterocycles. The molecule has 6 N–H and O–H groups in total. The van der Waals surface area contributed by atoms with Crippen LogP contribution in [0.15, 0.2) is 0 Å². The minimum atomic E-state index is 0.461. The van der Waals surface area contributed by atoms with E-state index >= 15 is 0 Å². The molecule has 9 aliphatic rings. The van der Waals surface area contributed by atoms with Gasteiger partial charge in [0.25, 0.3) is 0 Å². The van der Waals surface area contributed by atoms with Gasteiger partial charge in [-0.2, -0.15) is 0 Å². The van der Waals surface area contributed by atoms with E-state index in [1.807, 2.05) is 0 Å². The predicted molar refractivity (Wildman–Crippen MR) is 663 cm³/mol. The minimum absolute atomic E-state index is 0.461. The maximum absolute atomic E-state index is 3.66. The topological polar surface area (TPSA) is 101 Å². The van der Waals surface area contributed by atoms with Crippen LogP contribution in [0.5, 0.6) is 0 Å². The molecule has 0 saturated carbocycles. The lowest BCUT2D eigenvalue weighted by molar-refractivity contribution is 0.00383. The van der Waals surface area contributed by atoms with Crippen LogP contribution in [0, 0.1) is 85.8 Å². The van der Waals surface area contributed by atoms with Crippen LogP contribution in [0.25, 0.3) is 0 Å². The van der Waals surface area contributed by atoms with Crippen molar-refractivity contribution < 1.29 is 0 Å². The Bertz CT molecular complexity index is 2930. The summed E-state index contributed by atoms with van der Waals surface area (Å²) in [6.45, 7) is 132. The molecule has 0 spiro atoms. The molecule has 9 fully saturated rings. The number of likely N-dealkylation sites (tertiary alicyclic amines) is 9. The molecule has 0 aromatic rings. The molecule has 0 aliphatic carbocycles. The summed E-state index contributed by atoms with van der Waals surface area (Å²) in [5, 5.41) is 21.9. The number of hydrogen-bond acceptors (Lipinski definition) is 15. The van der Waals surface area contributed by atoms with Crippen molar-refractivity contribution in [2.45, 2.75) is 594 Å². The molecular formula is C132H279N15. The summed E-state index contributed by atoms with van der Waals surface area (Å²) in [5.74, 6) is 8.01. The highest BCUT2D eigenvalue weighted by atomic mass is 15.2. The Kier molecular flexibility index (Phi) is 78.8. The van der Waals surface area contributed by atoms with Crippen LogP contribution in [0.3, 0.4) is 0 Å². The Balaban J connectivity index is 0.000000829. The van der Waals surface area contributed by atoms with Crippen LogP contribution in [-0.4, -0.2) is 293 Å². The SMILES string of the molecule is CC(C)(C)CCCN1CC(C(C)(C)C)C1.CC(C)(C)CCN1CC(C(C)(C)C)C1.CC(C)(C)CN1CC(C(C)(C)C)C1.CC(C)CCCCCCCCN1CC[C@@H](NC(C)C)C1.CC(C)CCCCCCCN1CC[C@@H](NC(C)C)C1.CC(C)CCCCCCN1CC[C@@H](NC(C)C)C1.CC(C)CCCCCN1CC[C@@H](NC(C)C)C1.CC(C)CCCCN1CC[C@@H](NC(C)C)C1.CC(C)CCCN1CC[C@@H](NC(C)C)C1. The molecule has 0 unspecified atom stereocenters. The second-order valence-corrected chi connectivity index (χ2v) is 60.6. The Morgan fingerprint density at radius 3 is 0.565 bits per heavy atom. The molecule has 0 amide bonds. The van der Waals surface area contributed by atoms with Gasteiger partial charge in [-0.3, -0.25) is 0 Å². The molecule has 0 aromatic carbocycles. The van der Waals surface area contributed by atoms with E-state index in [0.717, 1.165) is 89.5 Å². The lowest BCUT2D eigenvalue weighted by Gasteiger charge is -2.48. The van der Waals surface area contributed by atoms with Crippen molar-refractivity contribution >= 4 is 0 Å². The smallest absolute Gasteiger partial charge is 0.0209 e. The Morgan fingerprint density at radius 2 is 0.354 bits per heavy atom. The van der Waals surface area contributed by atoms with Crippen molar-refractivity contribution in [3.63, 3.8) is 0 Å². The van der Waals surface area contributed by atoms with Gasteiger partial charge < -0.3 is 76.0 Å². The average Bonchev–Trinajstić information content (AvgIpc) is 1.69. The monoisotopic (exact) mass is 2080 g/mol. The average molecular weight is 2080 g/mol. The van der Waals surface area contributed by atoms with Crippen LogP contribution < -0.4 is 31.9 Å². The fraction of sp³-hybridized carbons (Fsp3) is 1.00. The Hall–Kier alpha value is -0.600. The molecule has 9 aliphatic heterocycles. The maximum Gasteiger partial charge on any atom is 0.0209 e. The first kappa shape index (κ1) is 144. The van der Waals surface area contributed by atoms with E-state index in [1.54, 1.807) is 0 Å². The van der Waals surface area contributed by atoms with Crippen molar-refractivity contribution in [2.24, 2.45) is 85.8 Å². The fourth-order valence-corrected chi connectivity index (χ4v) is 22.6. The first-order valence-corrected chi connectivity index (χ1v) is 64.6. The summed E-state index contributed by atoms with van der Waals surface area (Å²) in [4.78, 5) is 23.6. The lowest BCUT2D eigenvalue weighted by Crippen LogP contribution is -2.54. The van der Waals surface area contributed by atoms with E-state index in [-0.39, 0.29) is 0 Å². The second-order valence-electron chi connectivity index (χ2n) is 60.6. The van der Waals surface area contributed by atoms with Crippen LogP contribution in [0.4, 0.5) is 0 Å². The summed E-state index contributed by atoms with van der Waals surface area (Å²) in [5.41, 5.74) is 3.00. The quantitative estimate of drug-likeness (QED) is 0.0326. The van der Waals surface area contributed by atoms with E-state index in [4.69, 9.17) is 0 Å². The van der Waals surface area contributed by atoms with E-state index in [2.05, 4.69) is 367 Å². The highest BCUT2D eigenvalue weighted by Crippen LogP contribution is 2.38. The number of nitrogens with zero attached hydrogens (tertiary/aromatic N) is 9. The number of nitrogens with one attached hydrogen (secondary N) is 6. The molecule has 6 atom stereocenters. The van der Waals surface area contributed by atoms with Crippen molar-refractivity contribution in [3.8, 4) is 0 Å². The van der Waals surface area contributed by atoms with Gasteiger partial charge in [0.05, 0.1) is 0 Å². The van der Waals surface area contributed by atoms with Crippen LogP contribution in [0.2, 0.25) is 0 Å². The normalized spacial score (nSPS) is 21.4. The summed E-state index contributed by atoms with van der Waals surface area (Å²) in [6, 6.07) is 8.23. The van der Waals surface area contributed by atoms with Crippen LogP contribution in [0.1, 0.15) is 522 Å². The third-order valence-electron chi connectivity index (χ3n) is 32.2. The number of hydrogen-bond donors (Lipinski definition) is 6. The third-order valence-corrected chi connectivity index (χ3v) is 32.2. The fourth-order valence-electron chi connectivity index (χ4n) is 22.6. The van der Waals surface area contributed by atoms with Gasteiger partial charge in [-0.1, -0.05) is 419 Å². The molecule has 0 bridgehead atoms. The van der Waals surface area contributed by atoms with Gasteiger partial charge in [0.2, 0.25) is 0 Å². The lowest BCUT2D eigenvalue weighted by atomic mass is 9.75. The molecule has 0 aromatic heterocycles. The molecule has 15 heteroatoms. The molecule has 147 heavy (non-hydrogen) atoms. The maximum atomic E-state index is 3.66. The summed E-state index contributed by atoms with van der Waals surface area (Å²) in [6.07, 6.45) is 50.2. The number of rotatable bonds is 57. The van der Waals surface area contributed by atoms with Crippen molar-refractivity contribution in [1.82, 2.24) is 76.0 Å². The number of unbranched alkanes of at least 4 members (excludes halogenated alkanes) is 15. The Morgan fingerprint density at radius 1 is 0.177 bits per heavy atom. The van der Waals surface area contributed by atoms with Gasteiger partial charge in [-0.25, -0.2) is 0 Å².